The smallest absolute Gasteiger partial charge is 0.289 e. The molecule has 0 aromatic carbocycles. The van der Waals surface area contributed by atoms with Gasteiger partial charge in [-0.1, -0.05) is 6.08 Å². The number of nitrogens with one attached hydrogen (secondary N) is 2. The Balaban J connectivity index is 1.28. The third kappa shape index (κ3) is 6.56. The van der Waals surface area contributed by atoms with Crippen LogP contribution in [0.15, 0.2) is 58.2 Å². The summed E-state index contributed by atoms with van der Waals surface area (Å²) in [5.41, 5.74) is 6.66. The van der Waals surface area contributed by atoms with Crippen molar-refractivity contribution in [2.45, 2.75) is 30.2 Å². The maximum atomic E-state index is 13.1. The van der Waals surface area contributed by atoms with Gasteiger partial charge in [0.25, 0.3) is 11.8 Å². The highest BCUT2D eigenvalue weighted by Gasteiger charge is 2.28. The van der Waals surface area contributed by atoms with E-state index in [1.807, 2.05) is 27.8 Å². The summed E-state index contributed by atoms with van der Waals surface area (Å²) in [4.78, 5) is 48.2. The summed E-state index contributed by atoms with van der Waals surface area (Å²) < 4.78 is 0. The first-order valence-corrected chi connectivity index (χ1v) is 13.9. The molecule has 0 aliphatic carbocycles. The molecule has 2 N–H and O–H groups in total. The van der Waals surface area contributed by atoms with Gasteiger partial charge in [0.2, 0.25) is 5.91 Å². The van der Waals surface area contributed by atoms with Crippen LogP contribution in [0, 0.1) is 0 Å². The van der Waals surface area contributed by atoms with Gasteiger partial charge in [0, 0.05) is 36.3 Å². The van der Waals surface area contributed by atoms with Crippen LogP contribution in [-0.4, -0.2) is 51.4 Å². The number of hydrazine groups is 1. The molecule has 35 heavy (non-hydrogen) atoms. The summed E-state index contributed by atoms with van der Waals surface area (Å²) in [6, 6.07) is 5.47. The summed E-state index contributed by atoms with van der Waals surface area (Å²) in [5, 5.41) is 7.09. The summed E-state index contributed by atoms with van der Waals surface area (Å²) in [7, 11) is 0. The van der Waals surface area contributed by atoms with Crippen LogP contribution in [-0.2, 0) is 11.2 Å². The number of hydrogen-bond acceptors (Lipinski definition) is 8. The second-order valence-corrected chi connectivity index (χ2v) is 10.6. The number of carbonyl (C=O) groups excluding carboxylic acids is 3. The number of thiazole rings is 1. The SMILES string of the molecule is C=CCSc1ncccc1C(=O)N1CCC(c2nc(C(=O)NNC(=O)Cc3ccsc3)cs2)CC1. The van der Waals surface area contributed by atoms with Crippen LogP contribution in [0.4, 0.5) is 0 Å². The van der Waals surface area contributed by atoms with Crippen molar-refractivity contribution in [1.29, 1.82) is 0 Å². The number of pyridine rings is 1. The first-order chi connectivity index (χ1) is 17.0. The lowest BCUT2D eigenvalue weighted by atomic mass is 9.97. The molecule has 0 saturated carbocycles. The van der Waals surface area contributed by atoms with Gasteiger partial charge in [-0.15, -0.1) is 29.7 Å². The third-order valence-electron chi connectivity index (χ3n) is 5.49. The summed E-state index contributed by atoms with van der Waals surface area (Å²) >= 11 is 4.45. The topological polar surface area (TPSA) is 104 Å². The average Bonchev–Trinajstić information content (AvgIpc) is 3.59. The lowest BCUT2D eigenvalue weighted by Crippen LogP contribution is -2.42. The van der Waals surface area contributed by atoms with Crippen molar-refractivity contribution < 1.29 is 14.4 Å². The lowest BCUT2D eigenvalue weighted by molar-refractivity contribution is -0.121. The van der Waals surface area contributed by atoms with Gasteiger partial charge >= 0.3 is 0 Å². The van der Waals surface area contributed by atoms with Gasteiger partial charge in [-0.2, -0.15) is 11.3 Å². The van der Waals surface area contributed by atoms with Crippen LogP contribution in [0.5, 0.6) is 0 Å². The van der Waals surface area contributed by atoms with Gasteiger partial charge in [0.15, 0.2) is 0 Å². The zero-order valence-electron chi connectivity index (χ0n) is 18.9. The summed E-state index contributed by atoms with van der Waals surface area (Å²) in [6.45, 7) is 4.96. The minimum absolute atomic E-state index is 0.0134. The number of aromatic nitrogens is 2. The summed E-state index contributed by atoms with van der Waals surface area (Å²) in [5.74, 6) is 0.129. The van der Waals surface area contributed by atoms with E-state index in [-0.39, 0.29) is 29.8 Å². The fourth-order valence-corrected chi connectivity index (χ4v) is 6.06. The number of carbonyl (C=O) groups is 3. The molecule has 8 nitrogen and oxygen atoms in total. The molecule has 3 amide bonds. The highest BCUT2D eigenvalue weighted by molar-refractivity contribution is 7.99. The Morgan fingerprint density at radius 1 is 1.20 bits per heavy atom. The standard InChI is InChI=1S/C24H25N5O3S3/c1-2-11-34-23-18(4-3-8-25-23)24(32)29-9-5-17(6-10-29)22-26-19(15-35-22)21(31)28-27-20(30)13-16-7-12-33-14-16/h2-4,7-8,12,14-15,17H,1,5-6,9-11,13H2,(H,27,30)(H,28,31). The van der Waals surface area contributed by atoms with Gasteiger partial charge in [-0.3, -0.25) is 25.2 Å². The second-order valence-electron chi connectivity index (χ2n) is 7.90. The molecule has 4 heterocycles. The average molecular weight is 528 g/mol. The minimum Gasteiger partial charge on any atom is -0.339 e. The predicted molar refractivity (Wildman–Crippen MR) is 139 cm³/mol. The second kappa shape index (κ2) is 12.1. The van der Waals surface area contributed by atoms with Crippen LogP contribution in [0.2, 0.25) is 0 Å². The summed E-state index contributed by atoms with van der Waals surface area (Å²) in [6.07, 6.45) is 5.23. The molecule has 0 spiro atoms. The Morgan fingerprint density at radius 3 is 2.77 bits per heavy atom. The van der Waals surface area contributed by atoms with Crippen LogP contribution in [0.1, 0.15) is 50.2 Å². The maximum absolute atomic E-state index is 13.1. The van der Waals surface area contributed by atoms with Crippen molar-refractivity contribution in [3.8, 4) is 0 Å². The van der Waals surface area contributed by atoms with Gasteiger partial charge in [0.1, 0.15) is 10.7 Å². The zero-order chi connectivity index (χ0) is 24.6. The van der Waals surface area contributed by atoms with E-state index in [0.29, 0.717) is 24.4 Å². The van der Waals surface area contributed by atoms with Crippen LogP contribution >= 0.6 is 34.4 Å². The molecule has 182 valence electrons. The monoisotopic (exact) mass is 527 g/mol. The first kappa shape index (κ1) is 25.1. The molecule has 3 aromatic rings. The normalized spacial score (nSPS) is 13.9. The number of piperidine rings is 1. The van der Waals surface area contributed by atoms with E-state index in [0.717, 1.165) is 28.4 Å². The number of likely N-dealkylation sites (tertiary alicyclic amines) is 1. The largest absolute Gasteiger partial charge is 0.339 e. The molecule has 0 bridgehead atoms. The van der Waals surface area contributed by atoms with Crippen molar-refractivity contribution in [2.75, 3.05) is 18.8 Å². The van der Waals surface area contributed by atoms with E-state index in [4.69, 9.17) is 0 Å². The Morgan fingerprint density at radius 2 is 2.03 bits per heavy atom. The third-order valence-corrected chi connectivity index (χ3v) is 8.23. The Bertz CT molecular complexity index is 1190. The predicted octanol–water partition coefficient (Wildman–Crippen LogP) is 3.90. The molecule has 1 saturated heterocycles. The molecule has 3 aromatic heterocycles. The molecule has 11 heteroatoms. The van der Waals surface area contributed by atoms with E-state index < -0.39 is 5.91 Å². The van der Waals surface area contributed by atoms with Crippen LogP contribution in [0.3, 0.4) is 0 Å². The number of hydrogen-bond donors (Lipinski definition) is 2. The van der Waals surface area contributed by atoms with Crippen LogP contribution < -0.4 is 10.9 Å². The van der Waals surface area contributed by atoms with E-state index in [1.54, 1.807) is 23.7 Å². The van der Waals surface area contributed by atoms with Crippen molar-refractivity contribution >= 4 is 52.2 Å². The highest BCUT2D eigenvalue weighted by Crippen LogP contribution is 2.31. The van der Waals surface area contributed by atoms with E-state index >= 15 is 0 Å². The Labute approximate surface area is 215 Å². The van der Waals surface area contributed by atoms with Crippen molar-refractivity contribution in [2.24, 2.45) is 0 Å². The van der Waals surface area contributed by atoms with Gasteiger partial charge < -0.3 is 4.90 Å². The molecule has 4 rings (SSSR count). The molecular weight excluding hydrogens is 502 g/mol. The molecule has 1 aliphatic heterocycles. The molecule has 1 aliphatic rings. The van der Waals surface area contributed by atoms with Crippen molar-refractivity contribution in [3.05, 3.63) is 75.0 Å². The quantitative estimate of drug-likeness (QED) is 0.262. The van der Waals surface area contributed by atoms with E-state index in [9.17, 15) is 14.4 Å². The maximum Gasteiger partial charge on any atom is 0.289 e. The molecule has 1 fully saturated rings. The van der Waals surface area contributed by atoms with Crippen molar-refractivity contribution in [1.82, 2.24) is 25.7 Å². The van der Waals surface area contributed by atoms with Gasteiger partial charge in [0.05, 0.1) is 17.0 Å². The van der Waals surface area contributed by atoms with Crippen LogP contribution in [0.25, 0.3) is 0 Å². The minimum atomic E-state index is -0.445. The van der Waals surface area contributed by atoms with Gasteiger partial charge in [-0.25, -0.2) is 9.97 Å². The Hall–Kier alpha value is -3.02. The van der Waals surface area contributed by atoms with E-state index in [2.05, 4.69) is 27.4 Å². The lowest BCUT2D eigenvalue weighted by Gasteiger charge is -2.31. The number of rotatable bonds is 8. The molecule has 0 unspecified atom stereocenters. The Kier molecular flexibility index (Phi) is 8.67. The van der Waals surface area contributed by atoms with Crippen molar-refractivity contribution in [3.63, 3.8) is 0 Å². The number of amides is 3. The first-order valence-electron chi connectivity index (χ1n) is 11.1. The number of thioether (sulfide) groups is 1. The fraction of sp³-hybridized carbons (Fsp3) is 0.292. The van der Waals surface area contributed by atoms with Gasteiger partial charge in [-0.05, 0) is 47.4 Å². The number of thiophene rings is 1. The molecule has 0 radical (unpaired) electrons. The van der Waals surface area contributed by atoms with E-state index in [1.165, 1.54) is 34.4 Å². The zero-order valence-corrected chi connectivity index (χ0v) is 21.4. The highest BCUT2D eigenvalue weighted by atomic mass is 32.2. The molecular formula is C24H25N5O3S3. The number of nitrogens with zero attached hydrogens (tertiary/aromatic N) is 3. The fourth-order valence-electron chi connectivity index (χ4n) is 3.70. The molecule has 0 atom stereocenters.